The summed E-state index contributed by atoms with van der Waals surface area (Å²) in [5, 5.41) is 0. The Morgan fingerprint density at radius 1 is 1.09 bits per heavy atom. The summed E-state index contributed by atoms with van der Waals surface area (Å²) in [6.45, 7) is 5.95. The zero-order chi connectivity index (χ0) is 15.5. The molecule has 114 valence electrons. The maximum absolute atomic E-state index is 12.2. The Labute approximate surface area is 131 Å². The molecule has 22 heavy (non-hydrogen) atoms. The highest BCUT2D eigenvalue weighted by Gasteiger charge is 2.22. The van der Waals surface area contributed by atoms with Crippen LogP contribution in [0.3, 0.4) is 0 Å². The van der Waals surface area contributed by atoms with E-state index in [2.05, 4.69) is 26.0 Å². The zero-order valence-electron chi connectivity index (χ0n) is 13.1. The van der Waals surface area contributed by atoms with Gasteiger partial charge in [-0.2, -0.15) is 0 Å². The van der Waals surface area contributed by atoms with E-state index in [1.54, 1.807) is 4.90 Å². The molecule has 0 aromatic heterocycles. The van der Waals surface area contributed by atoms with Gasteiger partial charge in [0.2, 0.25) is 0 Å². The molecule has 3 rings (SSSR count). The van der Waals surface area contributed by atoms with Crippen LogP contribution in [0.1, 0.15) is 27.8 Å². The Hall–Kier alpha value is -2.29. The SMILES string of the molecule is Cc1cc2c(cc1C)CN(C(=O)OCc1ccccc1)CC2. The number of carbonyl (C=O) groups excluding carboxylic acids is 1. The molecular weight excluding hydrogens is 274 g/mol. The van der Waals surface area contributed by atoms with Gasteiger partial charge in [0.15, 0.2) is 0 Å². The molecule has 0 N–H and O–H groups in total. The molecular formula is C19H21NO2. The maximum atomic E-state index is 12.2. The van der Waals surface area contributed by atoms with Crippen molar-refractivity contribution in [3.05, 3.63) is 70.3 Å². The molecule has 1 amide bonds. The van der Waals surface area contributed by atoms with Gasteiger partial charge in [-0.15, -0.1) is 0 Å². The smallest absolute Gasteiger partial charge is 0.410 e. The van der Waals surface area contributed by atoms with E-state index in [4.69, 9.17) is 4.74 Å². The molecule has 0 bridgehead atoms. The van der Waals surface area contributed by atoms with Crippen molar-refractivity contribution < 1.29 is 9.53 Å². The van der Waals surface area contributed by atoms with E-state index in [1.807, 2.05) is 30.3 Å². The molecule has 0 unspecified atom stereocenters. The fourth-order valence-corrected chi connectivity index (χ4v) is 2.82. The van der Waals surface area contributed by atoms with Gasteiger partial charge in [0.25, 0.3) is 0 Å². The Kier molecular flexibility index (Phi) is 4.14. The van der Waals surface area contributed by atoms with Gasteiger partial charge in [0, 0.05) is 13.1 Å². The summed E-state index contributed by atoms with van der Waals surface area (Å²) in [6.07, 6.45) is 0.671. The first-order valence-electron chi connectivity index (χ1n) is 7.68. The van der Waals surface area contributed by atoms with Gasteiger partial charge in [0.1, 0.15) is 6.61 Å². The lowest BCUT2D eigenvalue weighted by molar-refractivity contribution is 0.0918. The highest BCUT2D eigenvalue weighted by atomic mass is 16.6. The molecule has 2 aromatic carbocycles. The van der Waals surface area contributed by atoms with E-state index in [-0.39, 0.29) is 6.09 Å². The van der Waals surface area contributed by atoms with Crippen LogP contribution in [0, 0.1) is 13.8 Å². The van der Waals surface area contributed by atoms with Gasteiger partial charge in [-0.3, -0.25) is 0 Å². The monoisotopic (exact) mass is 295 g/mol. The van der Waals surface area contributed by atoms with Crippen molar-refractivity contribution in [1.29, 1.82) is 0 Å². The predicted molar refractivity (Wildman–Crippen MR) is 86.7 cm³/mol. The van der Waals surface area contributed by atoms with Crippen molar-refractivity contribution in [3.63, 3.8) is 0 Å². The van der Waals surface area contributed by atoms with Crippen molar-refractivity contribution in [2.24, 2.45) is 0 Å². The third kappa shape index (κ3) is 3.14. The largest absolute Gasteiger partial charge is 0.445 e. The minimum atomic E-state index is -0.229. The topological polar surface area (TPSA) is 29.5 Å². The van der Waals surface area contributed by atoms with Crippen LogP contribution in [0.15, 0.2) is 42.5 Å². The van der Waals surface area contributed by atoms with Crippen LogP contribution in [-0.4, -0.2) is 17.5 Å². The standard InChI is InChI=1S/C19H21NO2/c1-14-10-17-8-9-20(12-18(17)11-15(14)2)19(21)22-13-16-6-4-3-5-7-16/h3-7,10-11H,8-9,12-13H2,1-2H3. The van der Waals surface area contributed by atoms with Crippen LogP contribution in [0.2, 0.25) is 0 Å². The van der Waals surface area contributed by atoms with Gasteiger partial charge in [0.05, 0.1) is 0 Å². The number of hydrogen-bond donors (Lipinski definition) is 0. The molecule has 1 aliphatic rings. The van der Waals surface area contributed by atoms with Crippen LogP contribution >= 0.6 is 0 Å². The number of amides is 1. The lowest BCUT2D eigenvalue weighted by Gasteiger charge is -2.29. The summed E-state index contributed by atoms with van der Waals surface area (Å²) in [6, 6.07) is 14.2. The summed E-state index contributed by atoms with van der Waals surface area (Å²) < 4.78 is 5.42. The second kappa shape index (κ2) is 6.22. The number of benzene rings is 2. The second-order valence-corrected chi connectivity index (χ2v) is 5.92. The molecule has 3 nitrogen and oxygen atoms in total. The fraction of sp³-hybridized carbons (Fsp3) is 0.316. The average molecular weight is 295 g/mol. The third-order valence-corrected chi connectivity index (χ3v) is 4.29. The van der Waals surface area contributed by atoms with E-state index in [0.717, 1.165) is 18.5 Å². The molecule has 1 aliphatic heterocycles. The molecule has 0 saturated heterocycles. The molecule has 0 aliphatic carbocycles. The second-order valence-electron chi connectivity index (χ2n) is 5.92. The highest BCUT2D eigenvalue weighted by molar-refractivity contribution is 5.68. The molecule has 2 aromatic rings. The first kappa shape index (κ1) is 14.6. The third-order valence-electron chi connectivity index (χ3n) is 4.29. The minimum Gasteiger partial charge on any atom is -0.445 e. The number of fused-ring (bicyclic) bond motifs is 1. The summed E-state index contributed by atoms with van der Waals surface area (Å²) in [4.78, 5) is 14.0. The van der Waals surface area contributed by atoms with E-state index in [9.17, 15) is 4.79 Å². The van der Waals surface area contributed by atoms with Crippen LogP contribution in [0.4, 0.5) is 4.79 Å². The van der Waals surface area contributed by atoms with Crippen LogP contribution < -0.4 is 0 Å². The predicted octanol–water partition coefficient (Wildman–Crippen LogP) is 4.00. The first-order chi connectivity index (χ1) is 10.6. The lowest BCUT2D eigenvalue weighted by atomic mass is 9.95. The molecule has 0 spiro atoms. The number of rotatable bonds is 2. The summed E-state index contributed by atoms with van der Waals surface area (Å²) >= 11 is 0. The minimum absolute atomic E-state index is 0.229. The van der Waals surface area contributed by atoms with Crippen molar-refractivity contribution in [2.45, 2.75) is 33.4 Å². The maximum Gasteiger partial charge on any atom is 0.410 e. The quantitative estimate of drug-likeness (QED) is 0.838. The van der Waals surface area contributed by atoms with Crippen molar-refractivity contribution >= 4 is 6.09 Å². The summed E-state index contributed by atoms with van der Waals surface area (Å²) in [5.74, 6) is 0. The molecule has 0 radical (unpaired) electrons. The molecule has 0 atom stereocenters. The average Bonchev–Trinajstić information content (AvgIpc) is 2.54. The van der Waals surface area contributed by atoms with E-state index in [0.29, 0.717) is 13.2 Å². The first-order valence-corrected chi connectivity index (χ1v) is 7.68. The Bertz CT molecular complexity index is 679. The van der Waals surface area contributed by atoms with Gasteiger partial charge in [-0.1, -0.05) is 42.5 Å². The zero-order valence-corrected chi connectivity index (χ0v) is 13.1. The van der Waals surface area contributed by atoms with Crippen LogP contribution in [0.5, 0.6) is 0 Å². The summed E-state index contributed by atoms with van der Waals surface area (Å²) in [5.41, 5.74) is 6.21. The van der Waals surface area contributed by atoms with Crippen LogP contribution in [-0.2, 0) is 24.3 Å². The van der Waals surface area contributed by atoms with Crippen molar-refractivity contribution in [3.8, 4) is 0 Å². The van der Waals surface area contributed by atoms with Gasteiger partial charge < -0.3 is 9.64 Å². The highest BCUT2D eigenvalue weighted by Crippen LogP contribution is 2.23. The van der Waals surface area contributed by atoms with E-state index in [1.165, 1.54) is 22.3 Å². The fourth-order valence-electron chi connectivity index (χ4n) is 2.82. The number of aryl methyl sites for hydroxylation is 2. The Morgan fingerprint density at radius 3 is 2.50 bits per heavy atom. The Morgan fingerprint density at radius 2 is 1.77 bits per heavy atom. The van der Waals surface area contributed by atoms with E-state index >= 15 is 0 Å². The number of ether oxygens (including phenoxy) is 1. The van der Waals surface area contributed by atoms with Gasteiger partial charge in [-0.05, 0) is 48.1 Å². The van der Waals surface area contributed by atoms with Crippen LogP contribution in [0.25, 0.3) is 0 Å². The van der Waals surface area contributed by atoms with E-state index < -0.39 is 0 Å². The van der Waals surface area contributed by atoms with Gasteiger partial charge in [-0.25, -0.2) is 4.79 Å². The van der Waals surface area contributed by atoms with Gasteiger partial charge >= 0.3 is 6.09 Å². The Balaban J connectivity index is 1.64. The normalized spacial score (nSPS) is 13.6. The number of hydrogen-bond acceptors (Lipinski definition) is 2. The molecule has 0 saturated carbocycles. The number of carbonyl (C=O) groups is 1. The molecule has 3 heteroatoms. The molecule has 1 heterocycles. The molecule has 0 fully saturated rings. The lowest BCUT2D eigenvalue weighted by Crippen LogP contribution is -2.36. The van der Waals surface area contributed by atoms with Crippen molar-refractivity contribution in [2.75, 3.05) is 6.54 Å². The van der Waals surface area contributed by atoms with Crippen molar-refractivity contribution in [1.82, 2.24) is 4.90 Å². The number of nitrogens with zero attached hydrogens (tertiary/aromatic N) is 1. The summed E-state index contributed by atoms with van der Waals surface area (Å²) in [7, 11) is 0.